The van der Waals surface area contributed by atoms with E-state index in [2.05, 4.69) is 5.32 Å². The molecule has 0 heterocycles. The Morgan fingerprint density at radius 3 is 2.68 bits per heavy atom. The zero-order valence-corrected chi connectivity index (χ0v) is 11.5. The number of nitrogens with one attached hydrogen (secondary N) is 1. The lowest BCUT2D eigenvalue weighted by Gasteiger charge is -2.22. The van der Waals surface area contributed by atoms with Crippen molar-refractivity contribution in [3.05, 3.63) is 28.8 Å². The van der Waals surface area contributed by atoms with Crippen LogP contribution in [0.15, 0.2) is 18.2 Å². The Morgan fingerprint density at radius 2 is 2.05 bits per heavy atom. The zero-order chi connectivity index (χ0) is 13.8. The maximum atomic E-state index is 12.2. The number of hydrogen-bond acceptors (Lipinski definition) is 3. The van der Waals surface area contributed by atoms with Gasteiger partial charge in [-0.15, -0.1) is 0 Å². The average Bonchev–Trinajstić information content (AvgIpc) is 2.41. The van der Waals surface area contributed by atoms with Gasteiger partial charge in [0.15, 0.2) is 0 Å². The van der Waals surface area contributed by atoms with Gasteiger partial charge in [0.2, 0.25) is 0 Å². The van der Waals surface area contributed by atoms with Gasteiger partial charge in [0.25, 0.3) is 5.91 Å². The van der Waals surface area contributed by atoms with E-state index in [4.69, 9.17) is 16.3 Å². The predicted octanol–water partition coefficient (Wildman–Crippen LogP) is 2.59. The molecule has 1 fully saturated rings. The van der Waals surface area contributed by atoms with E-state index in [-0.39, 0.29) is 17.7 Å². The number of amides is 1. The van der Waals surface area contributed by atoms with Crippen molar-refractivity contribution in [1.82, 2.24) is 5.32 Å². The van der Waals surface area contributed by atoms with Crippen LogP contribution in [0.5, 0.6) is 5.75 Å². The molecule has 1 aliphatic rings. The number of carbonyl (C=O) groups is 2. The van der Waals surface area contributed by atoms with E-state index in [9.17, 15) is 9.59 Å². The first-order valence-corrected chi connectivity index (χ1v) is 6.64. The highest BCUT2D eigenvalue weighted by molar-refractivity contribution is 6.30. The minimum atomic E-state index is -0.187. The molecule has 19 heavy (non-hydrogen) atoms. The molecule has 0 aromatic heterocycles. The summed E-state index contributed by atoms with van der Waals surface area (Å²) in [5.41, 5.74) is 0.462. The number of hydrogen-bond donors (Lipinski definition) is 1. The van der Waals surface area contributed by atoms with Gasteiger partial charge >= 0.3 is 0 Å². The Kier molecular flexibility index (Phi) is 4.43. The Labute approximate surface area is 117 Å². The molecule has 1 N–H and O–H groups in total. The van der Waals surface area contributed by atoms with Crippen LogP contribution in [0, 0.1) is 0 Å². The molecular formula is C14H16ClNO3. The van der Waals surface area contributed by atoms with Gasteiger partial charge in [-0.25, -0.2) is 0 Å². The first-order chi connectivity index (χ1) is 9.10. The highest BCUT2D eigenvalue weighted by Gasteiger charge is 2.22. The summed E-state index contributed by atoms with van der Waals surface area (Å²) in [7, 11) is 1.50. The largest absolute Gasteiger partial charge is 0.496 e. The van der Waals surface area contributed by atoms with Crippen molar-refractivity contribution >= 4 is 23.3 Å². The van der Waals surface area contributed by atoms with Crippen molar-refractivity contribution in [1.29, 1.82) is 0 Å². The van der Waals surface area contributed by atoms with Crippen LogP contribution in [0.25, 0.3) is 0 Å². The molecular weight excluding hydrogens is 266 g/mol. The van der Waals surface area contributed by atoms with Crippen LogP contribution in [0.1, 0.15) is 36.0 Å². The third kappa shape index (κ3) is 3.47. The summed E-state index contributed by atoms with van der Waals surface area (Å²) in [5.74, 6) is 0.541. The third-order valence-corrected chi connectivity index (χ3v) is 3.52. The minimum Gasteiger partial charge on any atom is -0.496 e. The summed E-state index contributed by atoms with van der Waals surface area (Å²) in [4.78, 5) is 23.3. The zero-order valence-electron chi connectivity index (χ0n) is 10.7. The van der Waals surface area contributed by atoms with Gasteiger partial charge < -0.3 is 10.1 Å². The highest BCUT2D eigenvalue weighted by Crippen LogP contribution is 2.24. The summed E-state index contributed by atoms with van der Waals surface area (Å²) in [5, 5.41) is 3.46. The lowest BCUT2D eigenvalue weighted by atomic mass is 9.94. The van der Waals surface area contributed by atoms with Crippen molar-refractivity contribution in [3.8, 4) is 5.75 Å². The Morgan fingerprint density at radius 1 is 1.37 bits per heavy atom. The highest BCUT2D eigenvalue weighted by atomic mass is 35.5. The molecule has 0 aliphatic heterocycles. The summed E-state index contributed by atoms with van der Waals surface area (Å²) in [6, 6.07) is 4.97. The molecule has 0 spiro atoms. The lowest BCUT2D eigenvalue weighted by Crippen LogP contribution is -2.37. The van der Waals surface area contributed by atoms with Crippen LogP contribution < -0.4 is 10.1 Å². The number of halogens is 1. The fourth-order valence-corrected chi connectivity index (χ4v) is 2.36. The summed E-state index contributed by atoms with van der Waals surface area (Å²) in [6.07, 6.45) is 2.51. The molecule has 2 rings (SSSR count). The van der Waals surface area contributed by atoms with E-state index in [0.717, 1.165) is 0 Å². The minimum absolute atomic E-state index is 0.0607. The molecule has 1 amide bonds. The monoisotopic (exact) mass is 281 g/mol. The second-order valence-electron chi connectivity index (χ2n) is 4.63. The van der Waals surface area contributed by atoms with Gasteiger partial charge in [-0.2, -0.15) is 0 Å². The van der Waals surface area contributed by atoms with E-state index in [1.165, 1.54) is 7.11 Å². The van der Waals surface area contributed by atoms with Crippen molar-refractivity contribution in [2.45, 2.75) is 31.7 Å². The topological polar surface area (TPSA) is 55.4 Å². The van der Waals surface area contributed by atoms with Crippen LogP contribution in [0.3, 0.4) is 0 Å². The second-order valence-corrected chi connectivity index (χ2v) is 5.07. The van der Waals surface area contributed by atoms with Gasteiger partial charge in [0, 0.05) is 23.9 Å². The molecule has 0 bridgehead atoms. The van der Waals surface area contributed by atoms with Gasteiger partial charge in [0.05, 0.1) is 12.7 Å². The standard InChI is InChI=1S/C14H16ClNO3/c1-19-13-8-9(15)2-7-12(13)14(18)16-10-3-5-11(17)6-4-10/h2,7-8,10H,3-6H2,1H3,(H,16,18). The molecule has 1 aliphatic carbocycles. The quantitative estimate of drug-likeness (QED) is 0.926. The first-order valence-electron chi connectivity index (χ1n) is 6.26. The number of benzene rings is 1. The number of ether oxygens (including phenoxy) is 1. The number of ketones is 1. The molecule has 0 atom stereocenters. The van der Waals surface area contributed by atoms with Crippen LogP contribution in [0.2, 0.25) is 5.02 Å². The molecule has 1 aromatic carbocycles. The van der Waals surface area contributed by atoms with Crippen molar-refractivity contribution in [2.24, 2.45) is 0 Å². The maximum absolute atomic E-state index is 12.2. The molecule has 102 valence electrons. The van der Waals surface area contributed by atoms with Gasteiger partial charge in [-0.3, -0.25) is 9.59 Å². The van der Waals surface area contributed by atoms with Crippen LogP contribution in [-0.4, -0.2) is 24.8 Å². The Balaban J connectivity index is 2.05. The Bertz CT molecular complexity index is 491. The van der Waals surface area contributed by atoms with Gasteiger partial charge in [0.1, 0.15) is 11.5 Å². The van der Waals surface area contributed by atoms with Crippen molar-refractivity contribution in [3.63, 3.8) is 0 Å². The van der Waals surface area contributed by atoms with E-state index in [0.29, 0.717) is 42.0 Å². The predicted molar refractivity (Wildman–Crippen MR) is 72.7 cm³/mol. The molecule has 1 saturated carbocycles. The normalized spacial score (nSPS) is 16.2. The summed E-state index contributed by atoms with van der Waals surface area (Å²) in [6.45, 7) is 0. The first kappa shape index (κ1) is 13.9. The van der Waals surface area contributed by atoms with Gasteiger partial charge in [-0.1, -0.05) is 11.6 Å². The Hall–Kier alpha value is -1.55. The number of rotatable bonds is 3. The fraction of sp³-hybridized carbons (Fsp3) is 0.429. The average molecular weight is 282 g/mol. The van der Waals surface area contributed by atoms with Crippen molar-refractivity contribution < 1.29 is 14.3 Å². The number of Topliss-reactive ketones (excluding diaryl/α,β-unsaturated/α-hetero) is 1. The maximum Gasteiger partial charge on any atom is 0.255 e. The smallest absolute Gasteiger partial charge is 0.255 e. The SMILES string of the molecule is COc1cc(Cl)ccc1C(=O)NC1CCC(=O)CC1. The third-order valence-electron chi connectivity index (χ3n) is 3.29. The van der Waals surface area contributed by atoms with Gasteiger partial charge in [-0.05, 0) is 31.0 Å². The molecule has 0 unspecified atom stereocenters. The van der Waals surface area contributed by atoms with E-state index >= 15 is 0 Å². The molecule has 0 radical (unpaired) electrons. The lowest BCUT2D eigenvalue weighted by molar-refractivity contribution is -0.120. The van der Waals surface area contributed by atoms with E-state index in [1.54, 1.807) is 18.2 Å². The number of carbonyl (C=O) groups excluding carboxylic acids is 2. The van der Waals surface area contributed by atoms with Crippen LogP contribution >= 0.6 is 11.6 Å². The fourth-order valence-electron chi connectivity index (χ4n) is 2.20. The molecule has 1 aromatic rings. The van der Waals surface area contributed by atoms with Crippen molar-refractivity contribution in [2.75, 3.05) is 7.11 Å². The molecule has 5 heteroatoms. The van der Waals surface area contributed by atoms with Crippen LogP contribution in [-0.2, 0) is 4.79 Å². The van der Waals surface area contributed by atoms with Crippen LogP contribution in [0.4, 0.5) is 0 Å². The summed E-state index contributed by atoms with van der Waals surface area (Å²) < 4.78 is 5.15. The molecule has 0 saturated heterocycles. The second kappa shape index (κ2) is 6.06. The molecule has 4 nitrogen and oxygen atoms in total. The van der Waals surface area contributed by atoms with E-state index < -0.39 is 0 Å². The van der Waals surface area contributed by atoms with E-state index in [1.807, 2.05) is 0 Å². The summed E-state index contributed by atoms with van der Waals surface area (Å²) >= 11 is 5.86. The number of methoxy groups -OCH3 is 1.